The summed E-state index contributed by atoms with van der Waals surface area (Å²) < 4.78 is 30.3. The van der Waals surface area contributed by atoms with Gasteiger partial charge in [0.25, 0.3) is 10.2 Å². The highest BCUT2D eigenvalue weighted by atomic mass is 32.2. The first-order valence-corrected chi connectivity index (χ1v) is 12.4. The van der Waals surface area contributed by atoms with Crippen molar-refractivity contribution in [2.75, 3.05) is 26.2 Å². The Morgan fingerprint density at radius 2 is 2.00 bits per heavy atom. The third-order valence-electron chi connectivity index (χ3n) is 6.78. The van der Waals surface area contributed by atoms with E-state index in [1.165, 1.54) is 32.0 Å². The molecule has 2 aromatic rings. The maximum Gasteiger partial charge on any atom is 0.279 e. The number of likely N-dealkylation sites (tertiary alicyclic amines) is 1. The van der Waals surface area contributed by atoms with Crippen molar-refractivity contribution in [2.24, 2.45) is 0 Å². The number of hydrogen-bond acceptors (Lipinski definition) is 3. The van der Waals surface area contributed by atoms with Gasteiger partial charge in [0.05, 0.1) is 0 Å². The Morgan fingerprint density at radius 3 is 2.69 bits per heavy atom. The van der Waals surface area contributed by atoms with Crippen molar-refractivity contribution in [2.45, 2.75) is 65.0 Å². The zero-order chi connectivity index (χ0) is 20.8. The topological polar surface area (TPSA) is 68.4 Å². The highest BCUT2D eigenvalue weighted by Gasteiger charge is 2.42. The molecule has 0 amide bonds. The van der Waals surface area contributed by atoms with Crippen LogP contribution in [0.25, 0.3) is 10.9 Å². The second-order valence-electron chi connectivity index (χ2n) is 8.51. The lowest BCUT2D eigenvalue weighted by molar-refractivity contribution is 0.105. The Morgan fingerprint density at radius 1 is 1.24 bits per heavy atom. The van der Waals surface area contributed by atoms with Crippen LogP contribution in [0, 0.1) is 6.92 Å². The first kappa shape index (κ1) is 20.8. The molecule has 2 heterocycles. The van der Waals surface area contributed by atoms with Gasteiger partial charge < -0.3 is 4.98 Å². The standard InChI is InChI=1S/C22H34N4O2S/c1-5-11-25-14-16(24-29(27,28)26(6-2)7-3)12-19-17-9-8-10-20-22(17)18(13-21(19)25)15(4)23-20/h8-10,16,19,21,23-24H,5-7,11-14H2,1-4H3/t16-,19+,21+/m0/s1. The molecule has 6 nitrogen and oxygen atoms in total. The van der Waals surface area contributed by atoms with Crippen LogP contribution in [-0.4, -0.2) is 60.9 Å². The van der Waals surface area contributed by atoms with Crippen LogP contribution in [0.3, 0.4) is 0 Å². The fraction of sp³-hybridized carbons (Fsp3) is 0.636. The number of rotatable bonds is 7. The summed E-state index contributed by atoms with van der Waals surface area (Å²) in [5.74, 6) is 0.353. The van der Waals surface area contributed by atoms with E-state index in [9.17, 15) is 8.42 Å². The number of fused-ring (bicyclic) bond motifs is 2. The molecule has 0 spiro atoms. The molecule has 0 unspecified atom stereocenters. The number of benzene rings is 1. The van der Waals surface area contributed by atoms with Crippen LogP contribution in [0.1, 0.15) is 56.4 Å². The van der Waals surface area contributed by atoms with Crippen molar-refractivity contribution in [3.8, 4) is 0 Å². The summed E-state index contributed by atoms with van der Waals surface area (Å²) >= 11 is 0. The van der Waals surface area contributed by atoms with Gasteiger partial charge in [-0.1, -0.05) is 32.9 Å². The second-order valence-corrected chi connectivity index (χ2v) is 10.2. The molecule has 3 atom stereocenters. The van der Waals surface area contributed by atoms with Crippen molar-refractivity contribution in [3.63, 3.8) is 0 Å². The molecule has 1 aromatic heterocycles. The lowest BCUT2D eigenvalue weighted by Gasteiger charge is -2.47. The monoisotopic (exact) mass is 418 g/mol. The Labute approximate surface area is 174 Å². The SMILES string of the molecule is CCCN1C[C@@H](NS(=O)(=O)N(CC)CC)C[C@@H]2c3cccc4[nH]c(C)c(c34)C[C@H]21. The van der Waals surface area contributed by atoms with Gasteiger partial charge in [0, 0.05) is 54.2 Å². The van der Waals surface area contributed by atoms with E-state index in [1.807, 2.05) is 13.8 Å². The van der Waals surface area contributed by atoms with Crippen LogP contribution < -0.4 is 4.72 Å². The smallest absolute Gasteiger partial charge is 0.279 e. The summed E-state index contributed by atoms with van der Waals surface area (Å²) in [6.07, 6.45) is 2.97. The van der Waals surface area contributed by atoms with Gasteiger partial charge in [-0.2, -0.15) is 17.4 Å². The van der Waals surface area contributed by atoms with Crippen molar-refractivity contribution >= 4 is 21.1 Å². The van der Waals surface area contributed by atoms with E-state index in [4.69, 9.17) is 0 Å². The molecule has 4 rings (SSSR count). The van der Waals surface area contributed by atoms with Crippen LogP contribution in [0.4, 0.5) is 0 Å². The Bertz CT molecular complexity index is 980. The highest BCUT2D eigenvalue weighted by molar-refractivity contribution is 7.87. The summed E-state index contributed by atoms with van der Waals surface area (Å²) in [6, 6.07) is 6.92. The Hall–Kier alpha value is -1.41. The zero-order valence-corrected chi connectivity index (χ0v) is 18.8. The molecular formula is C22H34N4O2S. The third-order valence-corrected chi connectivity index (χ3v) is 8.61. The Kier molecular flexibility index (Phi) is 5.77. The molecule has 0 saturated carbocycles. The molecule has 29 heavy (non-hydrogen) atoms. The fourth-order valence-electron chi connectivity index (χ4n) is 5.54. The van der Waals surface area contributed by atoms with Gasteiger partial charge in [-0.3, -0.25) is 4.90 Å². The van der Waals surface area contributed by atoms with Crippen LogP contribution >= 0.6 is 0 Å². The summed E-state index contributed by atoms with van der Waals surface area (Å²) in [5.41, 5.74) is 5.30. The second kappa shape index (κ2) is 8.02. The van der Waals surface area contributed by atoms with E-state index in [-0.39, 0.29) is 6.04 Å². The van der Waals surface area contributed by atoms with E-state index in [0.717, 1.165) is 32.4 Å². The summed E-state index contributed by atoms with van der Waals surface area (Å²) in [4.78, 5) is 6.08. The molecule has 1 saturated heterocycles. The highest BCUT2D eigenvalue weighted by Crippen LogP contribution is 2.44. The van der Waals surface area contributed by atoms with Crippen molar-refractivity contribution < 1.29 is 8.42 Å². The molecular weight excluding hydrogens is 384 g/mol. The predicted octanol–water partition coefficient (Wildman–Crippen LogP) is 3.15. The average Bonchev–Trinajstić information content (AvgIpc) is 3.00. The van der Waals surface area contributed by atoms with Gasteiger partial charge >= 0.3 is 0 Å². The molecule has 1 aliphatic carbocycles. The van der Waals surface area contributed by atoms with Crippen molar-refractivity contribution in [1.29, 1.82) is 0 Å². The molecule has 1 aromatic carbocycles. The predicted molar refractivity (Wildman–Crippen MR) is 119 cm³/mol. The van der Waals surface area contributed by atoms with Crippen molar-refractivity contribution in [1.82, 2.24) is 18.9 Å². The number of H-pyrrole nitrogens is 1. The summed E-state index contributed by atoms with van der Waals surface area (Å²) in [5, 5.41) is 1.37. The zero-order valence-electron chi connectivity index (χ0n) is 18.0. The maximum atomic E-state index is 12.9. The minimum atomic E-state index is -3.46. The molecule has 0 bridgehead atoms. The van der Waals surface area contributed by atoms with Crippen molar-refractivity contribution in [3.05, 3.63) is 35.0 Å². The lowest BCUT2D eigenvalue weighted by atomic mass is 9.73. The van der Waals surface area contributed by atoms with Gasteiger partial charge in [-0.05, 0) is 49.9 Å². The third kappa shape index (κ3) is 3.63. The van der Waals surface area contributed by atoms with Crippen LogP contribution in [0.5, 0.6) is 0 Å². The molecule has 7 heteroatoms. The number of aryl methyl sites for hydroxylation is 1. The minimum Gasteiger partial charge on any atom is -0.358 e. The van der Waals surface area contributed by atoms with Gasteiger partial charge in [-0.25, -0.2) is 0 Å². The number of hydrogen-bond donors (Lipinski definition) is 2. The quantitative estimate of drug-likeness (QED) is 0.726. The molecule has 2 N–H and O–H groups in total. The lowest BCUT2D eigenvalue weighted by Crippen LogP contribution is -2.58. The van der Waals surface area contributed by atoms with Crippen LogP contribution in [-0.2, 0) is 16.6 Å². The molecule has 1 fully saturated rings. The first-order valence-electron chi connectivity index (χ1n) is 11.0. The summed E-state index contributed by atoms with van der Waals surface area (Å²) in [6.45, 7) is 10.9. The molecule has 2 aliphatic rings. The van der Waals surface area contributed by atoms with E-state index >= 15 is 0 Å². The largest absolute Gasteiger partial charge is 0.358 e. The number of nitrogens with one attached hydrogen (secondary N) is 2. The fourth-order valence-corrected chi connectivity index (χ4v) is 6.97. The van der Waals surface area contributed by atoms with Crippen LogP contribution in [0.2, 0.25) is 0 Å². The number of aromatic amines is 1. The van der Waals surface area contributed by atoms with E-state index in [0.29, 0.717) is 25.0 Å². The Balaban J connectivity index is 1.69. The molecule has 160 valence electrons. The average molecular weight is 419 g/mol. The number of nitrogens with zero attached hydrogens (tertiary/aromatic N) is 2. The van der Waals surface area contributed by atoms with Gasteiger partial charge in [0.2, 0.25) is 0 Å². The van der Waals surface area contributed by atoms with E-state index in [1.54, 1.807) is 0 Å². The van der Waals surface area contributed by atoms with Gasteiger partial charge in [0.15, 0.2) is 0 Å². The van der Waals surface area contributed by atoms with E-state index in [2.05, 4.69) is 46.7 Å². The number of aromatic nitrogens is 1. The normalized spacial score (nSPS) is 24.9. The minimum absolute atomic E-state index is 0.0646. The van der Waals surface area contributed by atoms with Crippen LogP contribution in [0.15, 0.2) is 18.2 Å². The maximum absolute atomic E-state index is 12.9. The number of piperidine rings is 1. The summed E-state index contributed by atoms with van der Waals surface area (Å²) in [7, 11) is -3.46. The molecule has 0 radical (unpaired) electrons. The molecule has 1 aliphatic heterocycles. The van der Waals surface area contributed by atoms with Gasteiger partial charge in [-0.15, -0.1) is 0 Å². The van der Waals surface area contributed by atoms with Gasteiger partial charge in [0.1, 0.15) is 0 Å². The van der Waals surface area contributed by atoms with E-state index < -0.39 is 10.2 Å². The first-order chi connectivity index (χ1) is 13.9.